The second-order valence-corrected chi connectivity index (χ2v) is 7.45. The van der Waals surface area contributed by atoms with E-state index in [0.717, 1.165) is 17.1 Å². The molecular formula is C25H24N4O3. The van der Waals surface area contributed by atoms with E-state index in [1.165, 1.54) is 0 Å². The van der Waals surface area contributed by atoms with Crippen molar-refractivity contribution in [3.8, 4) is 0 Å². The molecule has 7 heteroatoms. The van der Waals surface area contributed by atoms with Gasteiger partial charge in [-0.25, -0.2) is 0 Å². The Bertz CT molecular complexity index is 1230. The van der Waals surface area contributed by atoms with Crippen molar-refractivity contribution in [2.45, 2.75) is 26.9 Å². The summed E-state index contributed by atoms with van der Waals surface area (Å²) in [5.74, 6) is 0.0924. The Balaban J connectivity index is 1.51. The van der Waals surface area contributed by atoms with Crippen LogP contribution in [0.1, 0.15) is 43.6 Å². The maximum absolute atomic E-state index is 13.1. The van der Waals surface area contributed by atoms with Gasteiger partial charge in [-0.15, -0.1) is 0 Å². The number of carbonyl (C=O) groups is 2. The fraction of sp³-hybridized carbons (Fsp3) is 0.160. The van der Waals surface area contributed by atoms with Crippen LogP contribution in [0, 0.1) is 13.8 Å². The smallest absolute Gasteiger partial charge is 0.257 e. The van der Waals surface area contributed by atoms with Gasteiger partial charge in [-0.2, -0.15) is 0 Å². The molecule has 32 heavy (non-hydrogen) atoms. The number of amides is 2. The number of aromatic nitrogens is 2. The summed E-state index contributed by atoms with van der Waals surface area (Å²) in [4.78, 5) is 30.1. The number of para-hydroxylation sites is 1. The third kappa shape index (κ3) is 4.62. The molecule has 0 radical (unpaired) electrons. The second kappa shape index (κ2) is 9.34. The average molecular weight is 428 g/mol. The first-order valence-corrected chi connectivity index (χ1v) is 10.3. The molecule has 162 valence electrons. The van der Waals surface area contributed by atoms with Crippen LogP contribution in [-0.4, -0.2) is 21.4 Å². The summed E-state index contributed by atoms with van der Waals surface area (Å²) in [6.07, 6.45) is 3.31. The van der Waals surface area contributed by atoms with E-state index in [1.54, 1.807) is 48.9 Å². The number of furan rings is 1. The van der Waals surface area contributed by atoms with E-state index in [9.17, 15) is 9.59 Å². The molecule has 0 saturated carbocycles. The molecule has 7 nitrogen and oxygen atoms in total. The molecule has 0 aliphatic carbocycles. The Morgan fingerprint density at radius 2 is 1.78 bits per heavy atom. The molecule has 2 N–H and O–H groups in total. The van der Waals surface area contributed by atoms with Crippen LogP contribution in [0.4, 0.5) is 5.69 Å². The van der Waals surface area contributed by atoms with Crippen molar-refractivity contribution >= 4 is 17.5 Å². The lowest BCUT2D eigenvalue weighted by molar-refractivity contribution is 0.0949. The van der Waals surface area contributed by atoms with Crippen LogP contribution in [0.3, 0.4) is 0 Å². The molecule has 0 aliphatic heterocycles. The zero-order chi connectivity index (χ0) is 22.5. The van der Waals surface area contributed by atoms with Crippen LogP contribution >= 0.6 is 0 Å². The molecular weight excluding hydrogens is 404 g/mol. The van der Waals surface area contributed by atoms with Gasteiger partial charge >= 0.3 is 0 Å². The first-order chi connectivity index (χ1) is 15.5. The van der Waals surface area contributed by atoms with Gasteiger partial charge < -0.3 is 19.6 Å². The molecule has 0 spiro atoms. The minimum absolute atomic E-state index is 0.267. The molecule has 0 atom stereocenters. The number of aryl methyl sites for hydroxylation is 1. The fourth-order valence-electron chi connectivity index (χ4n) is 3.58. The summed E-state index contributed by atoms with van der Waals surface area (Å²) in [6, 6.07) is 18.1. The maximum Gasteiger partial charge on any atom is 0.257 e. The molecule has 0 saturated heterocycles. The summed E-state index contributed by atoms with van der Waals surface area (Å²) in [5, 5.41) is 5.71. The second-order valence-electron chi connectivity index (χ2n) is 7.45. The van der Waals surface area contributed by atoms with Crippen molar-refractivity contribution in [2.24, 2.45) is 0 Å². The number of nitrogens with zero attached hydrogens (tertiary/aromatic N) is 2. The van der Waals surface area contributed by atoms with Gasteiger partial charge in [-0.05, 0) is 56.3 Å². The van der Waals surface area contributed by atoms with Gasteiger partial charge in [0, 0.05) is 17.6 Å². The molecule has 4 rings (SSSR count). The standard InChI is InChI=1S/C25H24N4O3/c1-17-14-22(18(2)29(17)16-19-8-5-6-12-26-19)25(31)28-23-11-4-3-10-21(23)24(30)27-15-20-9-7-13-32-20/h3-14H,15-16H2,1-2H3,(H,27,30)(H,28,31). The number of carbonyl (C=O) groups excluding carboxylic acids is 2. The molecule has 0 fully saturated rings. The third-order valence-corrected chi connectivity index (χ3v) is 5.29. The van der Waals surface area contributed by atoms with Crippen LogP contribution in [0.5, 0.6) is 0 Å². The van der Waals surface area contributed by atoms with Gasteiger partial charge in [0.05, 0.1) is 41.9 Å². The number of benzene rings is 1. The van der Waals surface area contributed by atoms with Crippen molar-refractivity contribution in [2.75, 3.05) is 5.32 Å². The Morgan fingerprint density at radius 3 is 2.53 bits per heavy atom. The highest BCUT2D eigenvalue weighted by atomic mass is 16.3. The van der Waals surface area contributed by atoms with Crippen LogP contribution in [0.25, 0.3) is 0 Å². The molecule has 0 aliphatic rings. The monoisotopic (exact) mass is 428 g/mol. The summed E-state index contributed by atoms with van der Waals surface area (Å²) in [7, 11) is 0. The van der Waals surface area contributed by atoms with E-state index in [2.05, 4.69) is 20.2 Å². The van der Waals surface area contributed by atoms with Gasteiger partial charge in [0.2, 0.25) is 0 Å². The number of rotatable bonds is 7. The third-order valence-electron chi connectivity index (χ3n) is 5.29. The van der Waals surface area contributed by atoms with Crippen molar-refractivity contribution < 1.29 is 14.0 Å². The fourth-order valence-corrected chi connectivity index (χ4v) is 3.58. The molecule has 4 aromatic rings. The summed E-state index contributed by atoms with van der Waals surface area (Å²) in [5.41, 5.74) is 4.11. The van der Waals surface area contributed by atoms with Crippen LogP contribution in [-0.2, 0) is 13.1 Å². The first kappa shape index (κ1) is 21.1. The van der Waals surface area contributed by atoms with E-state index in [-0.39, 0.29) is 18.4 Å². The summed E-state index contributed by atoms with van der Waals surface area (Å²) >= 11 is 0. The quantitative estimate of drug-likeness (QED) is 0.459. The Labute approximate surface area is 186 Å². The first-order valence-electron chi connectivity index (χ1n) is 10.3. The van der Waals surface area contributed by atoms with Gasteiger partial charge in [-0.1, -0.05) is 18.2 Å². The topological polar surface area (TPSA) is 89.2 Å². The van der Waals surface area contributed by atoms with Crippen LogP contribution in [0.15, 0.2) is 77.5 Å². The minimum Gasteiger partial charge on any atom is -0.467 e. The Morgan fingerprint density at radius 1 is 0.969 bits per heavy atom. The van der Waals surface area contributed by atoms with Gasteiger partial charge in [0.1, 0.15) is 5.76 Å². The van der Waals surface area contributed by atoms with Crippen LogP contribution < -0.4 is 10.6 Å². The highest BCUT2D eigenvalue weighted by molar-refractivity contribution is 6.09. The molecule has 1 aromatic carbocycles. The predicted molar refractivity (Wildman–Crippen MR) is 122 cm³/mol. The molecule has 3 heterocycles. The lowest BCUT2D eigenvalue weighted by atomic mass is 10.1. The summed E-state index contributed by atoms with van der Waals surface area (Å²) in [6.45, 7) is 4.72. The van der Waals surface area contributed by atoms with E-state index >= 15 is 0 Å². The number of nitrogens with one attached hydrogen (secondary N) is 2. The zero-order valence-electron chi connectivity index (χ0n) is 18.0. The number of pyridine rings is 1. The van der Waals surface area contributed by atoms with Crippen molar-refractivity contribution in [1.82, 2.24) is 14.9 Å². The predicted octanol–water partition coefficient (Wildman–Crippen LogP) is 4.32. The zero-order valence-corrected chi connectivity index (χ0v) is 18.0. The lowest BCUT2D eigenvalue weighted by Gasteiger charge is -2.12. The van der Waals surface area contributed by atoms with Gasteiger partial charge in [-0.3, -0.25) is 14.6 Å². The van der Waals surface area contributed by atoms with E-state index in [4.69, 9.17) is 4.42 Å². The average Bonchev–Trinajstić information content (AvgIpc) is 3.42. The number of hydrogen-bond donors (Lipinski definition) is 2. The maximum atomic E-state index is 13.1. The van der Waals surface area contributed by atoms with Crippen molar-refractivity contribution in [1.29, 1.82) is 0 Å². The van der Waals surface area contributed by atoms with Crippen molar-refractivity contribution in [3.05, 3.63) is 107 Å². The van der Waals surface area contributed by atoms with Gasteiger partial charge in [0.15, 0.2) is 0 Å². The largest absolute Gasteiger partial charge is 0.467 e. The van der Waals surface area contributed by atoms with Gasteiger partial charge in [0.25, 0.3) is 11.8 Å². The number of anilines is 1. The minimum atomic E-state index is -0.294. The highest BCUT2D eigenvalue weighted by Gasteiger charge is 2.19. The SMILES string of the molecule is Cc1cc(C(=O)Nc2ccccc2C(=O)NCc2ccco2)c(C)n1Cc1ccccn1. The summed E-state index contributed by atoms with van der Waals surface area (Å²) < 4.78 is 7.31. The lowest BCUT2D eigenvalue weighted by Crippen LogP contribution is -2.24. The van der Waals surface area contributed by atoms with E-state index in [1.807, 2.05) is 38.1 Å². The molecule has 0 bridgehead atoms. The number of hydrogen-bond acceptors (Lipinski definition) is 4. The van der Waals surface area contributed by atoms with E-state index < -0.39 is 0 Å². The van der Waals surface area contributed by atoms with Crippen molar-refractivity contribution in [3.63, 3.8) is 0 Å². The van der Waals surface area contributed by atoms with Crippen LogP contribution in [0.2, 0.25) is 0 Å². The molecule has 2 amide bonds. The Hall–Kier alpha value is -4.13. The highest BCUT2D eigenvalue weighted by Crippen LogP contribution is 2.21. The normalized spacial score (nSPS) is 10.7. The van der Waals surface area contributed by atoms with E-state index in [0.29, 0.717) is 29.1 Å². The molecule has 0 unspecified atom stereocenters. The Kier molecular flexibility index (Phi) is 6.17. The molecule has 3 aromatic heterocycles.